The number of aliphatic hydroxyl groups is 1. The van der Waals surface area contributed by atoms with Crippen LogP contribution in [0, 0.1) is 13.8 Å². The maximum absolute atomic E-state index is 13.8. The second kappa shape index (κ2) is 19.5. The zero-order chi connectivity index (χ0) is 45.7. The number of ether oxygens (including phenoxy) is 3. The van der Waals surface area contributed by atoms with Crippen LogP contribution in [0.3, 0.4) is 0 Å². The number of allylic oxidation sites excluding steroid dienone is 2. The van der Waals surface area contributed by atoms with Gasteiger partial charge in [-0.25, -0.2) is 0 Å². The Labute approximate surface area is 366 Å². The minimum Gasteiger partial charge on any atom is -0.494 e. The van der Waals surface area contributed by atoms with E-state index >= 15 is 0 Å². The highest BCUT2D eigenvalue weighted by molar-refractivity contribution is 5.99. The van der Waals surface area contributed by atoms with Crippen LogP contribution in [0.15, 0.2) is 58.5 Å². The van der Waals surface area contributed by atoms with Crippen molar-refractivity contribution in [2.75, 3.05) is 46.6 Å². The molecule has 338 valence electrons. The number of benzene rings is 2. The number of carbonyl (C=O) groups is 4. The highest BCUT2D eigenvalue weighted by atomic mass is 16.5. The molecule has 0 aliphatic carbocycles. The number of fused-ring (bicyclic) bond motifs is 2. The van der Waals surface area contributed by atoms with Crippen molar-refractivity contribution in [1.82, 2.24) is 43.6 Å². The highest BCUT2D eigenvalue weighted by Gasteiger charge is 2.23. The van der Waals surface area contributed by atoms with E-state index in [4.69, 9.17) is 25.7 Å². The van der Waals surface area contributed by atoms with Gasteiger partial charge in [0.05, 0.1) is 62.0 Å². The summed E-state index contributed by atoms with van der Waals surface area (Å²) in [5.74, 6) is -1.76. The van der Waals surface area contributed by atoms with E-state index < -0.39 is 23.6 Å². The fourth-order valence-corrected chi connectivity index (χ4v) is 7.82. The van der Waals surface area contributed by atoms with Gasteiger partial charge in [0, 0.05) is 50.4 Å². The summed E-state index contributed by atoms with van der Waals surface area (Å²) >= 11 is 0. The van der Waals surface area contributed by atoms with Crippen LogP contribution in [-0.4, -0.2) is 125 Å². The van der Waals surface area contributed by atoms with E-state index in [-0.39, 0.29) is 54.7 Å². The van der Waals surface area contributed by atoms with Crippen LogP contribution in [0.25, 0.3) is 22.1 Å². The van der Waals surface area contributed by atoms with Crippen LogP contribution in [-0.2, 0) is 30.9 Å². The molecule has 0 radical (unpaired) electrons. The SMILES string of the molecule is CCn1nc(C)cc1C(=O)/N=c1\[nH]c2cc(C(N)=O)cc(OC)c2n1C/C=C/Cn1/c(=N/C(=O)c2cc(C)nn2CC)[nH]c2cc(C(N)=O)cc(OCCCN3CCOCC3CO)c21. The summed E-state index contributed by atoms with van der Waals surface area (Å²) in [4.78, 5) is 69.8. The average Bonchev–Trinajstić information content (AvgIpc) is 4.05. The van der Waals surface area contributed by atoms with E-state index in [1.807, 2.05) is 26.0 Å². The maximum atomic E-state index is 13.8. The Morgan fingerprint density at radius 1 is 0.828 bits per heavy atom. The summed E-state index contributed by atoms with van der Waals surface area (Å²) in [6, 6.07) is 9.46. The number of rotatable bonds is 17. The quantitative estimate of drug-likeness (QED) is 0.0650. The van der Waals surface area contributed by atoms with E-state index in [0.29, 0.717) is 102 Å². The van der Waals surface area contributed by atoms with E-state index in [9.17, 15) is 24.3 Å². The van der Waals surface area contributed by atoms with Gasteiger partial charge >= 0.3 is 0 Å². The summed E-state index contributed by atoms with van der Waals surface area (Å²) in [5.41, 5.74) is 16.0. The Kier molecular flexibility index (Phi) is 13.7. The second-order valence-electron chi connectivity index (χ2n) is 15.2. The first-order valence-corrected chi connectivity index (χ1v) is 21.0. The van der Waals surface area contributed by atoms with Gasteiger partial charge in [-0.1, -0.05) is 12.2 Å². The van der Waals surface area contributed by atoms with Gasteiger partial charge in [0.15, 0.2) is 0 Å². The number of imidazole rings is 2. The molecule has 0 spiro atoms. The lowest BCUT2D eigenvalue weighted by Crippen LogP contribution is -2.47. The number of aryl methyl sites for hydroxylation is 4. The number of nitrogens with one attached hydrogen (secondary N) is 2. The molecule has 1 atom stereocenters. The molecule has 6 aromatic rings. The number of methoxy groups -OCH3 is 1. The fourth-order valence-electron chi connectivity index (χ4n) is 7.82. The third-order valence-electron chi connectivity index (χ3n) is 10.9. The molecule has 0 bridgehead atoms. The van der Waals surface area contributed by atoms with Crippen molar-refractivity contribution in [3.8, 4) is 11.5 Å². The standard InChI is InChI=1S/C43H53N13O8/c1-6-55-32(17-25(3)50-55)40(60)48-42-46-30-19-27(38(44)58)21-34(62-5)36(30)53(42)12-8-9-13-54-37-31(47-43(54)49-41(61)33-18-26(4)51-56(33)7-2)20-28(39(45)59)22-35(37)64-15-10-11-52-14-16-63-24-29(52)23-57/h8-9,17-22,29,57H,6-7,10-16,23-24H2,1-5H3,(H2,44,58)(H2,45,59)(H,46,48,60)(H,47,49,61)/b9-8+. The summed E-state index contributed by atoms with van der Waals surface area (Å²) < 4.78 is 24.3. The van der Waals surface area contributed by atoms with E-state index in [1.165, 1.54) is 13.2 Å². The summed E-state index contributed by atoms with van der Waals surface area (Å²) in [7, 11) is 1.46. The molecule has 21 nitrogen and oxygen atoms in total. The van der Waals surface area contributed by atoms with Gasteiger partial charge < -0.3 is 49.9 Å². The third-order valence-corrected chi connectivity index (χ3v) is 10.9. The van der Waals surface area contributed by atoms with Crippen molar-refractivity contribution in [3.63, 3.8) is 0 Å². The number of nitrogens with zero attached hydrogens (tertiary/aromatic N) is 9. The predicted octanol–water partition coefficient (Wildman–Crippen LogP) is 1.71. The Morgan fingerprint density at radius 3 is 1.83 bits per heavy atom. The van der Waals surface area contributed by atoms with Gasteiger partial charge in [-0.15, -0.1) is 0 Å². The van der Waals surface area contributed by atoms with Crippen LogP contribution in [0.1, 0.15) is 73.3 Å². The first-order chi connectivity index (χ1) is 30.8. The molecule has 5 heterocycles. The Hall–Kier alpha value is -7.10. The Bertz CT molecular complexity index is 2910. The van der Waals surface area contributed by atoms with Gasteiger partial charge in [-0.2, -0.15) is 20.2 Å². The molecule has 64 heavy (non-hydrogen) atoms. The molecular formula is C43H53N13O8. The van der Waals surface area contributed by atoms with Crippen molar-refractivity contribution >= 4 is 45.7 Å². The van der Waals surface area contributed by atoms with E-state index in [2.05, 4.69) is 35.1 Å². The van der Waals surface area contributed by atoms with E-state index in [0.717, 1.165) is 0 Å². The molecule has 7 N–H and O–H groups in total. The van der Waals surface area contributed by atoms with Crippen LogP contribution >= 0.6 is 0 Å². The van der Waals surface area contributed by atoms with Gasteiger partial charge in [-0.05, 0) is 70.5 Å². The lowest BCUT2D eigenvalue weighted by molar-refractivity contribution is -0.0287. The molecule has 21 heteroatoms. The zero-order valence-corrected chi connectivity index (χ0v) is 36.5. The number of aromatic amines is 2. The molecule has 1 unspecified atom stereocenters. The van der Waals surface area contributed by atoms with Crippen molar-refractivity contribution in [2.24, 2.45) is 21.5 Å². The normalized spacial score (nSPS) is 15.2. The number of aliphatic hydroxyl groups excluding tert-OH is 1. The minimum atomic E-state index is -0.674. The zero-order valence-electron chi connectivity index (χ0n) is 36.5. The smallest absolute Gasteiger partial charge is 0.298 e. The number of aromatic nitrogens is 8. The summed E-state index contributed by atoms with van der Waals surface area (Å²) in [6.45, 7) is 11.1. The highest BCUT2D eigenvalue weighted by Crippen LogP contribution is 2.28. The summed E-state index contributed by atoms with van der Waals surface area (Å²) in [6.07, 6.45) is 4.28. The number of hydrogen-bond acceptors (Lipinski definition) is 11. The van der Waals surface area contributed by atoms with Crippen molar-refractivity contribution < 1.29 is 38.5 Å². The van der Waals surface area contributed by atoms with Gasteiger partial charge in [0.1, 0.15) is 33.9 Å². The topological polar surface area (TPSA) is 273 Å². The number of hydrogen-bond donors (Lipinski definition) is 5. The first-order valence-electron chi connectivity index (χ1n) is 21.0. The number of nitrogens with two attached hydrogens (primary N) is 2. The monoisotopic (exact) mass is 879 g/mol. The third kappa shape index (κ3) is 9.45. The van der Waals surface area contributed by atoms with Gasteiger partial charge in [-0.3, -0.25) is 33.4 Å². The largest absolute Gasteiger partial charge is 0.494 e. The summed E-state index contributed by atoms with van der Waals surface area (Å²) in [5, 5.41) is 18.7. The molecular weight excluding hydrogens is 827 g/mol. The average molecular weight is 880 g/mol. The lowest BCUT2D eigenvalue weighted by atomic mass is 10.1. The van der Waals surface area contributed by atoms with Crippen molar-refractivity contribution in [2.45, 2.75) is 66.3 Å². The Morgan fingerprint density at radius 2 is 1.34 bits per heavy atom. The van der Waals surface area contributed by atoms with Crippen molar-refractivity contribution in [1.29, 1.82) is 0 Å². The number of amides is 4. The maximum Gasteiger partial charge on any atom is 0.298 e. The van der Waals surface area contributed by atoms with Crippen LogP contribution < -0.4 is 32.2 Å². The second-order valence-corrected chi connectivity index (χ2v) is 15.2. The molecule has 0 saturated carbocycles. The number of primary amides is 2. The van der Waals surface area contributed by atoms with Crippen molar-refractivity contribution in [3.05, 3.63) is 93.7 Å². The molecule has 1 aliphatic heterocycles. The predicted molar refractivity (Wildman–Crippen MR) is 234 cm³/mol. The number of morpholine rings is 1. The van der Waals surface area contributed by atoms with Gasteiger partial charge in [0.25, 0.3) is 11.8 Å². The minimum absolute atomic E-state index is 0.0233. The van der Waals surface area contributed by atoms with Crippen LogP contribution in [0.2, 0.25) is 0 Å². The molecule has 4 amide bonds. The molecule has 7 rings (SSSR count). The molecule has 1 saturated heterocycles. The Balaban J connectivity index is 1.29. The molecule has 4 aromatic heterocycles. The number of H-pyrrole nitrogens is 2. The number of carbonyl (C=O) groups excluding carboxylic acids is 4. The van der Waals surface area contributed by atoms with Gasteiger partial charge in [0.2, 0.25) is 23.1 Å². The van der Waals surface area contributed by atoms with E-state index in [1.54, 1.807) is 62.7 Å². The fraction of sp³-hybridized carbons (Fsp3) is 0.395. The molecule has 2 aromatic carbocycles. The molecule has 1 aliphatic rings. The lowest BCUT2D eigenvalue weighted by Gasteiger charge is -2.34. The molecule has 1 fully saturated rings. The van der Waals surface area contributed by atoms with Crippen LogP contribution in [0.4, 0.5) is 0 Å². The first kappa shape index (κ1) is 44.9. The van der Waals surface area contributed by atoms with Crippen LogP contribution in [0.5, 0.6) is 11.5 Å².